The zero-order valence-corrected chi connectivity index (χ0v) is 12.4. The van der Waals surface area contributed by atoms with Crippen LogP contribution >= 0.6 is 11.8 Å². The largest absolute Gasteiger partial charge is 0.469 e. The molecule has 1 rings (SSSR count). The predicted molar refractivity (Wildman–Crippen MR) is 77.9 cm³/mol. The summed E-state index contributed by atoms with van der Waals surface area (Å²) in [4.78, 5) is 11.8. The van der Waals surface area contributed by atoms with Gasteiger partial charge in [-0.2, -0.15) is 11.8 Å². The van der Waals surface area contributed by atoms with E-state index in [4.69, 9.17) is 4.74 Å². The molecule has 1 aromatic carbocycles. The number of carbonyl (C=O) groups is 1. The van der Waals surface area contributed by atoms with Crippen LogP contribution in [0.25, 0.3) is 0 Å². The van der Waals surface area contributed by atoms with E-state index in [-0.39, 0.29) is 16.6 Å². The Morgan fingerprint density at radius 2 is 1.89 bits per heavy atom. The molecule has 0 fully saturated rings. The highest BCUT2D eigenvalue weighted by molar-refractivity contribution is 8.00. The minimum atomic E-state index is -0.115. The quantitative estimate of drug-likeness (QED) is 0.762. The molecule has 0 saturated carbocycles. The first-order valence-electron chi connectivity index (χ1n) is 6.18. The van der Waals surface area contributed by atoms with Crippen LogP contribution in [0, 0.1) is 5.92 Å². The Morgan fingerprint density at radius 3 is 2.39 bits per heavy atom. The Bertz CT molecular complexity index is 368. The molecule has 1 atom stereocenters. The molecule has 0 N–H and O–H groups in total. The summed E-state index contributed by atoms with van der Waals surface area (Å²) < 4.78 is 5.07. The molecule has 1 aromatic rings. The lowest BCUT2D eigenvalue weighted by Gasteiger charge is -2.21. The number of esters is 1. The maximum Gasteiger partial charge on any atom is 0.309 e. The second kappa shape index (κ2) is 6.83. The van der Waals surface area contributed by atoms with Crippen LogP contribution in [0.5, 0.6) is 0 Å². The summed E-state index contributed by atoms with van der Waals surface area (Å²) in [7, 11) is 1.46. The molecule has 0 bridgehead atoms. The fraction of sp³-hybridized carbons (Fsp3) is 0.533. The van der Waals surface area contributed by atoms with Crippen molar-refractivity contribution in [2.45, 2.75) is 31.9 Å². The Kier molecular flexibility index (Phi) is 5.73. The molecule has 18 heavy (non-hydrogen) atoms. The van der Waals surface area contributed by atoms with Gasteiger partial charge in [0.2, 0.25) is 0 Å². The van der Waals surface area contributed by atoms with Crippen LogP contribution in [0.15, 0.2) is 30.3 Å². The minimum absolute atomic E-state index is 0.0679. The second-order valence-electron chi connectivity index (χ2n) is 5.33. The number of ether oxygens (including phenoxy) is 1. The highest BCUT2D eigenvalue weighted by Gasteiger charge is 2.22. The highest BCUT2D eigenvalue weighted by atomic mass is 32.2. The van der Waals surface area contributed by atoms with Crippen LogP contribution in [0.1, 0.15) is 26.3 Å². The summed E-state index contributed by atoms with van der Waals surface area (Å²) in [6.45, 7) is 6.48. The standard InChI is InChI=1S/C15H22O2S/c1-15(2,3)18-11-13(14(16)17-4)10-12-8-6-5-7-9-12/h5-9,13H,10-11H2,1-4H3. The van der Waals surface area contributed by atoms with Gasteiger partial charge in [-0.3, -0.25) is 4.79 Å². The minimum Gasteiger partial charge on any atom is -0.469 e. The summed E-state index contributed by atoms with van der Waals surface area (Å²) in [5.41, 5.74) is 1.18. The molecular formula is C15H22O2S. The summed E-state index contributed by atoms with van der Waals surface area (Å²) in [6, 6.07) is 10.1. The van der Waals surface area contributed by atoms with Crippen molar-refractivity contribution in [1.29, 1.82) is 0 Å². The van der Waals surface area contributed by atoms with E-state index < -0.39 is 0 Å². The Balaban J connectivity index is 2.65. The Hall–Kier alpha value is -0.960. The van der Waals surface area contributed by atoms with Gasteiger partial charge in [0.05, 0.1) is 13.0 Å². The van der Waals surface area contributed by atoms with Gasteiger partial charge in [0.1, 0.15) is 0 Å². The number of benzene rings is 1. The molecule has 100 valence electrons. The molecule has 3 heteroatoms. The van der Waals surface area contributed by atoms with Crippen molar-refractivity contribution in [3.05, 3.63) is 35.9 Å². The topological polar surface area (TPSA) is 26.3 Å². The average Bonchev–Trinajstić information content (AvgIpc) is 2.33. The molecule has 0 heterocycles. The summed E-state index contributed by atoms with van der Waals surface area (Å²) in [5, 5.41) is 0. The van der Waals surface area contributed by atoms with Crippen LogP contribution in [0.2, 0.25) is 0 Å². The highest BCUT2D eigenvalue weighted by Crippen LogP contribution is 2.27. The first-order chi connectivity index (χ1) is 8.42. The van der Waals surface area contributed by atoms with Crippen molar-refractivity contribution in [2.75, 3.05) is 12.9 Å². The fourth-order valence-corrected chi connectivity index (χ4v) is 2.58. The van der Waals surface area contributed by atoms with E-state index in [1.165, 1.54) is 12.7 Å². The maximum absolute atomic E-state index is 11.8. The monoisotopic (exact) mass is 266 g/mol. The third-order valence-electron chi connectivity index (χ3n) is 2.58. The Morgan fingerprint density at radius 1 is 1.28 bits per heavy atom. The molecule has 0 aliphatic rings. The van der Waals surface area contributed by atoms with E-state index >= 15 is 0 Å². The van der Waals surface area contributed by atoms with E-state index in [0.29, 0.717) is 0 Å². The third kappa shape index (κ3) is 5.58. The molecule has 2 nitrogen and oxygen atoms in total. The molecule has 0 saturated heterocycles. The van der Waals surface area contributed by atoms with Crippen LogP contribution < -0.4 is 0 Å². The SMILES string of the molecule is COC(=O)C(CSC(C)(C)C)Cc1ccccc1. The van der Waals surface area contributed by atoms with Gasteiger partial charge < -0.3 is 4.74 Å². The van der Waals surface area contributed by atoms with E-state index in [1.807, 2.05) is 18.2 Å². The number of hydrogen-bond acceptors (Lipinski definition) is 3. The molecule has 1 unspecified atom stereocenters. The van der Waals surface area contributed by atoms with Crippen LogP contribution in [-0.2, 0) is 16.0 Å². The number of methoxy groups -OCH3 is 1. The van der Waals surface area contributed by atoms with Gasteiger partial charge in [0.15, 0.2) is 0 Å². The molecular weight excluding hydrogens is 244 g/mol. The molecule has 0 spiro atoms. The lowest BCUT2D eigenvalue weighted by Crippen LogP contribution is -2.23. The molecule has 0 amide bonds. The third-order valence-corrected chi connectivity index (χ3v) is 4.01. The average molecular weight is 266 g/mol. The van der Waals surface area contributed by atoms with E-state index in [1.54, 1.807) is 11.8 Å². The molecule has 0 aromatic heterocycles. The predicted octanol–water partition coefficient (Wildman–Crippen LogP) is 3.55. The van der Waals surface area contributed by atoms with Crippen LogP contribution in [-0.4, -0.2) is 23.6 Å². The molecule has 0 aliphatic carbocycles. The normalized spacial score (nSPS) is 13.1. The zero-order chi connectivity index (χ0) is 13.6. The Labute approximate surface area is 114 Å². The summed E-state index contributed by atoms with van der Waals surface area (Å²) in [6.07, 6.45) is 0.747. The van der Waals surface area contributed by atoms with Gasteiger partial charge in [-0.1, -0.05) is 51.1 Å². The molecule has 0 radical (unpaired) electrons. The van der Waals surface area contributed by atoms with Gasteiger partial charge in [-0.25, -0.2) is 0 Å². The van der Waals surface area contributed by atoms with Gasteiger partial charge in [-0.05, 0) is 12.0 Å². The fourth-order valence-electron chi connectivity index (χ4n) is 1.63. The van der Waals surface area contributed by atoms with E-state index in [0.717, 1.165) is 12.2 Å². The van der Waals surface area contributed by atoms with Gasteiger partial charge in [0.25, 0.3) is 0 Å². The number of thioether (sulfide) groups is 1. The van der Waals surface area contributed by atoms with Crippen molar-refractivity contribution in [3.8, 4) is 0 Å². The lowest BCUT2D eigenvalue weighted by molar-refractivity contribution is -0.144. The smallest absolute Gasteiger partial charge is 0.309 e. The summed E-state index contributed by atoms with van der Waals surface area (Å²) in [5.74, 6) is 0.614. The first kappa shape index (κ1) is 15.1. The van der Waals surface area contributed by atoms with Gasteiger partial charge in [0, 0.05) is 10.5 Å². The second-order valence-corrected chi connectivity index (χ2v) is 7.18. The van der Waals surface area contributed by atoms with Crippen molar-refractivity contribution in [1.82, 2.24) is 0 Å². The van der Waals surface area contributed by atoms with Crippen LogP contribution in [0.3, 0.4) is 0 Å². The van der Waals surface area contributed by atoms with Gasteiger partial charge >= 0.3 is 5.97 Å². The first-order valence-corrected chi connectivity index (χ1v) is 7.16. The number of rotatable bonds is 5. The van der Waals surface area contributed by atoms with Crippen molar-refractivity contribution in [3.63, 3.8) is 0 Å². The van der Waals surface area contributed by atoms with Crippen molar-refractivity contribution in [2.24, 2.45) is 5.92 Å². The van der Waals surface area contributed by atoms with Gasteiger partial charge in [-0.15, -0.1) is 0 Å². The number of hydrogen-bond donors (Lipinski definition) is 0. The van der Waals surface area contributed by atoms with E-state index in [2.05, 4.69) is 32.9 Å². The maximum atomic E-state index is 11.8. The molecule has 0 aliphatic heterocycles. The van der Waals surface area contributed by atoms with E-state index in [9.17, 15) is 4.79 Å². The number of carbonyl (C=O) groups excluding carboxylic acids is 1. The zero-order valence-electron chi connectivity index (χ0n) is 11.6. The lowest BCUT2D eigenvalue weighted by atomic mass is 10.0. The van der Waals surface area contributed by atoms with Crippen molar-refractivity contribution >= 4 is 17.7 Å². The van der Waals surface area contributed by atoms with Crippen molar-refractivity contribution < 1.29 is 9.53 Å². The summed E-state index contributed by atoms with van der Waals surface area (Å²) >= 11 is 1.80. The van der Waals surface area contributed by atoms with Crippen LogP contribution in [0.4, 0.5) is 0 Å².